The Bertz CT molecular complexity index is 932. The van der Waals surface area contributed by atoms with E-state index in [2.05, 4.69) is 10.6 Å². The highest BCUT2D eigenvalue weighted by atomic mass is 16.5. The zero-order valence-corrected chi connectivity index (χ0v) is 25.5. The molecule has 0 unspecified atom stereocenters. The van der Waals surface area contributed by atoms with Crippen LogP contribution >= 0.6 is 0 Å². The summed E-state index contributed by atoms with van der Waals surface area (Å²) in [6.07, 6.45) is 1.73. The lowest BCUT2D eigenvalue weighted by Crippen LogP contribution is -2.30. The maximum absolute atomic E-state index is 12.5. The van der Waals surface area contributed by atoms with Crippen molar-refractivity contribution >= 4 is 23.2 Å². The molecule has 0 fully saturated rings. The minimum absolute atomic E-state index is 0.0621. The molecule has 41 heavy (non-hydrogen) atoms. The minimum Gasteiger partial charge on any atom is -0.385 e. The summed E-state index contributed by atoms with van der Waals surface area (Å²) in [7, 11) is 0. The van der Waals surface area contributed by atoms with Gasteiger partial charge >= 0.3 is 0 Å². The topological polar surface area (TPSA) is 92.4 Å². The molecule has 0 saturated heterocycles. The molecule has 2 aromatic rings. The third-order valence-electron chi connectivity index (χ3n) is 6.65. The van der Waals surface area contributed by atoms with E-state index < -0.39 is 0 Å². The second kappa shape index (κ2) is 20.7. The largest absolute Gasteiger partial charge is 0.385 e. The van der Waals surface area contributed by atoms with Crippen LogP contribution in [0.1, 0.15) is 61.3 Å². The van der Waals surface area contributed by atoms with E-state index in [9.17, 15) is 9.59 Å². The molecule has 0 atom stereocenters. The molecule has 0 aliphatic heterocycles. The number of carbonyl (C=O) groups is 2. The Morgan fingerprint density at radius 2 is 0.951 bits per heavy atom. The number of amides is 2. The Morgan fingerprint density at radius 3 is 1.32 bits per heavy atom. The molecule has 2 N–H and O–H groups in total. The van der Waals surface area contributed by atoms with Crippen LogP contribution in [0, 0.1) is 0 Å². The third-order valence-corrected chi connectivity index (χ3v) is 6.65. The number of ether oxygens (including phenoxy) is 3. The van der Waals surface area contributed by atoms with Crippen LogP contribution < -0.4 is 10.6 Å². The fourth-order valence-electron chi connectivity index (χ4n) is 4.27. The fraction of sp³-hybridized carbons (Fsp3) is 0.562. The second-order valence-electron chi connectivity index (χ2n) is 9.51. The number of carbonyl (C=O) groups excluding carboxylic acids is 2. The van der Waals surface area contributed by atoms with Gasteiger partial charge < -0.3 is 34.6 Å². The maximum atomic E-state index is 12.5. The van der Waals surface area contributed by atoms with Gasteiger partial charge in [-0.3, -0.25) is 9.59 Å². The number of nitrogens with one attached hydrogen (secondary N) is 2. The van der Waals surface area contributed by atoms with Crippen molar-refractivity contribution < 1.29 is 23.8 Å². The molecule has 0 aromatic heterocycles. The highest BCUT2D eigenvalue weighted by Gasteiger charge is 2.13. The molecular formula is C32H50N4O5. The van der Waals surface area contributed by atoms with E-state index >= 15 is 0 Å². The molecule has 0 bridgehead atoms. The summed E-state index contributed by atoms with van der Waals surface area (Å²) in [6.45, 7) is 15.8. The summed E-state index contributed by atoms with van der Waals surface area (Å²) < 4.78 is 16.9. The summed E-state index contributed by atoms with van der Waals surface area (Å²) in [5, 5.41) is 6.72. The van der Waals surface area contributed by atoms with Crippen LogP contribution in [0.2, 0.25) is 0 Å². The molecule has 2 rings (SSSR count). The summed E-state index contributed by atoms with van der Waals surface area (Å²) >= 11 is 0. The molecule has 2 aromatic carbocycles. The van der Waals surface area contributed by atoms with Gasteiger partial charge in [0.05, 0.1) is 26.4 Å². The highest BCUT2D eigenvalue weighted by molar-refractivity contribution is 5.95. The van der Waals surface area contributed by atoms with Gasteiger partial charge in [0.2, 0.25) is 0 Å². The van der Waals surface area contributed by atoms with Gasteiger partial charge in [-0.25, -0.2) is 0 Å². The number of hydrogen-bond acceptors (Lipinski definition) is 7. The first kappa shape index (κ1) is 34.1. The molecule has 2 amide bonds. The number of hydrogen-bond donors (Lipinski definition) is 2. The lowest BCUT2D eigenvalue weighted by atomic mass is 10.1. The Kier molecular flexibility index (Phi) is 17.2. The van der Waals surface area contributed by atoms with Crippen molar-refractivity contribution in [3.63, 3.8) is 0 Å². The van der Waals surface area contributed by atoms with Crippen molar-refractivity contribution in [1.29, 1.82) is 0 Å². The molecule has 0 radical (unpaired) electrons. The number of nitrogens with zero attached hydrogens (tertiary/aromatic N) is 2. The van der Waals surface area contributed by atoms with Crippen LogP contribution in [-0.2, 0) is 14.2 Å². The first-order valence-corrected chi connectivity index (χ1v) is 15.0. The van der Waals surface area contributed by atoms with Crippen LogP contribution in [0.3, 0.4) is 0 Å². The Balaban J connectivity index is 1.44. The monoisotopic (exact) mass is 570 g/mol. The van der Waals surface area contributed by atoms with E-state index in [1.54, 1.807) is 0 Å². The van der Waals surface area contributed by atoms with Gasteiger partial charge in [-0.15, -0.1) is 0 Å². The van der Waals surface area contributed by atoms with E-state index in [-0.39, 0.29) is 11.8 Å². The minimum atomic E-state index is 0.0621. The van der Waals surface area contributed by atoms with Gasteiger partial charge in [-0.2, -0.15) is 0 Å². The normalized spacial score (nSPS) is 10.8. The molecule has 0 spiro atoms. The summed E-state index contributed by atoms with van der Waals surface area (Å²) in [5.41, 5.74) is 3.30. The highest BCUT2D eigenvalue weighted by Crippen LogP contribution is 2.14. The zero-order chi connectivity index (χ0) is 29.7. The summed E-state index contributed by atoms with van der Waals surface area (Å²) in [6, 6.07) is 15.3. The van der Waals surface area contributed by atoms with E-state index in [0.717, 1.165) is 37.3 Å². The molecule has 0 saturated carbocycles. The predicted molar refractivity (Wildman–Crippen MR) is 166 cm³/mol. The summed E-state index contributed by atoms with van der Waals surface area (Å²) in [5.74, 6) is 0.124. The number of rotatable bonds is 22. The third kappa shape index (κ3) is 12.9. The predicted octanol–water partition coefficient (Wildman–Crippen LogP) is 5.00. The molecule has 9 heteroatoms. The average Bonchev–Trinajstić information content (AvgIpc) is 3.00. The maximum Gasteiger partial charge on any atom is 0.253 e. The van der Waals surface area contributed by atoms with Gasteiger partial charge in [-0.1, -0.05) is 12.1 Å². The van der Waals surface area contributed by atoms with Gasteiger partial charge in [0.15, 0.2) is 0 Å². The molecule has 9 nitrogen and oxygen atoms in total. The van der Waals surface area contributed by atoms with Crippen molar-refractivity contribution in [2.75, 3.05) is 89.5 Å². The van der Waals surface area contributed by atoms with E-state index in [0.29, 0.717) is 76.9 Å². The van der Waals surface area contributed by atoms with Crippen LogP contribution in [0.4, 0.5) is 11.4 Å². The van der Waals surface area contributed by atoms with Crippen molar-refractivity contribution in [1.82, 2.24) is 9.80 Å². The van der Waals surface area contributed by atoms with Crippen molar-refractivity contribution in [3.8, 4) is 0 Å². The fourth-order valence-corrected chi connectivity index (χ4v) is 4.27. The quantitative estimate of drug-likeness (QED) is 0.192. The van der Waals surface area contributed by atoms with Gasteiger partial charge in [-0.05, 0) is 76.9 Å². The van der Waals surface area contributed by atoms with Crippen LogP contribution in [0.5, 0.6) is 0 Å². The first-order chi connectivity index (χ1) is 20.0. The van der Waals surface area contributed by atoms with Crippen LogP contribution in [-0.4, -0.2) is 101 Å². The number of anilines is 2. The smallest absolute Gasteiger partial charge is 0.253 e. The van der Waals surface area contributed by atoms with E-state index in [4.69, 9.17) is 14.2 Å². The molecule has 0 aliphatic rings. The SMILES string of the molecule is CCN(CC)C(=O)c1cccc(NCCCOCCOCCOCCCNc2cccc(C(=O)N(CC)CC)c2)c1. The standard InChI is InChI=1S/C32H50N4O5/c1-5-35(6-2)31(37)27-13-9-15-29(25-27)33-17-11-19-39-21-23-41-24-22-40-20-12-18-34-30-16-10-14-28(26-30)32(38)36(7-3)8-4/h9-10,13-16,25-26,33-34H,5-8,11-12,17-24H2,1-4H3. The Morgan fingerprint density at radius 1 is 0.585 bits per heavy atom. The van der Waals surface area contributed by atoms with Crippen molar-refractivity contribution in [2.24, 2.45) is 0 Å². The molecule has 228 valence electrons. The average molecular weight is 571 g/mol. The van der Waals surface area contributed by atoms with Gasteiger partial charge in [0, 0.05) is 75.0 Å². The van der Waals surface area contributed by atoms with Crippen LogP contribution in [0.15, 0.2) is 48.5 Å². The molecule has 0 heterocycles. The Hall–Kier alpha value is -3.14. The van der Waals surface area contributed by atoms with Crippen LogP contribution in [0.25, 0.3) is 0 Å². The Labute approximate surface area is 246 Å². The lowest BCUT2D eigenvalue weighted by Gasteiger charge is -2.19. The molecular weight excluding hydrogens is 520 g/mol. The number of benzene rings is 2. The van der Waals surface area contributed by atoms with E-state index in [1.165, 1.54) is 0 Å². The first-order valence-electron chi connectivity index (χ1n) is 15.0. The lowest BCUT2D eigenvalue weighted by molar-refractivity contribution is 0.0145. The van der Waals surface area contributed by atoms with Gasteiger partial charge in [0.1, 0.15) is 0 Å². The summed E-state index contributed by atoms with van der Waals surface area (Å²) in [4.78, 5) is 28.7. The van der Waals surface area contributed by atoms with E-state index in [1.807, 2.05) is 86.0 Å². The van der Waals surface area contributed by atoms with Crippen molar-refractivity contribution in [2.45, 2.75) is 40.5 Å². The second-order valence-corrected chi connectivity index (χ2v) is 9.51. The molecule has 0 aliphatic carbocycles. The zero-order valence-electron chi connectivity index (χ0n) is 25.5. The van der Waals surface area contributed by atoms with Gasteiger partial charge in [0.25, 0.3) is 11.8 Å². The van der Waals surface area contributed by atoms with Crippen molar-refractivity contribution in [3.05, 3.63) is 59.7 Å².